The summed E-state index contributed by atoms with van der Waals surface area (Å²) < 4.78 is 51.6. The summed E-state index contributed by atoms with van der Waals surface area (Å²) in [5, 5.41) is 0. The minimum Gasteiger partial charge on any atom is -0.335 e. The van der Waals surface area contributed by atoms with Gasteiger partial charge in [-0.15, -0.1) is 0 Å². The molecule has 3 rings (SSSR count). The monoisotopic (exact) mass is 287 g/mol. The van der Waals surface area contributed by atoms with Gasteiger partial charge in [-0.2, -0.15) is 13.2 Å². The van der Waals surface area contributed by atoms with Crippen LogP contribution in [0.2, 0.25) is 0 Å². The van der Waals surface area contributed by atoms with Gasteiger partial charge in [0.25, 0.3) is 0 Å². The lowest BCUT2D eigenvalue weighted by Crippen LogP contribution is -2.36. The van der Waals surface area contributed by atoms with E-state index in [0.29, 0.717) is 12.3 Å². The molecule has 0 aromatic heterocycles. The van der Waals surface area contributed by atoms with E-state index in [0.717, 1.165) is 31.0 Å². The van der Waals surface area contributed by atoms with E-state index in [1.165, 1.54) is 4.90 Å². The number of rotatable bonds is 2. The summed E-state index contributed by atoms with van der Waals surface area (Å²) in [7, 11) is 0. The third kappa shape index (κ3) is 2.39. The highest BCUT2D eigenvalue weighted by molar-refractivity contribution is 5.78. The zero-order valence-electron chi connectivity index (χ0n) is 10.6. The van der Waals surface area contributed by atoms with Gasteiger partial charge in [-0.25, -0.2) is 4.39 Å². The van der Waals surface area contributed by atoms with Crippen LogP contribution in [0.25, 0.3) is 0 Å². The van der Waals surface area contributed by atoms with E-state index >= 15 is 0 Å². The Labute approximate surface area is 113 Å². The van der Waals surface area contributed by atoms with Gasteiger partial charge >= 0.3 is 6.18 Å². The Hall–Kier alpha value is -1.59. The number of halogens is 4. The molecule has 0 radical (unpaired) electrons. The number of hydrogen-bond donors (Lipinski definition) is 0. The lowest BCUT2D eigenvalue weighted by molar-refractivity contribution is -0.137. The molecular formula is C14H13F4NO. The van der Waals surface area contributed by atoms with Crippen LogP contribution in [-0.2, 0) is 17.5 Å². The van der Waals surface area contributed by atoms with Crippen molar-refractivity contribution < 1.29 is 22.4 Å². The number of benzene rings is 1. The van der Waals surface area contributed by atoms with E-state index in [-0.39, 0.29) is 24.1 Å². The van der Waals surface area contributed by atoms with Crippen LogP contribution in [0.15, 0.2) is 18.2 Å². The number of carbonyl (C=O) groups is 1. The maximum atomic E-state index is 13.7. The van der Waals surface area contributed by atoms with E-state index in [2.05, 4.69) is 0 Å². The Kier molecular flexibility index (Phi) is 2.99. The third-order valence-corrected chi connectivity index (χ3v) is 4.05. The molecule has 2 nitrogen and oxygen atoms in total. The molecule has 2 fully saturated rings. The van der Waals surface area contributed by atoms with Gasteiger partial charge in [0.1, 0.15) is 5.82 Å². The molecule has 1 amide bonds. The highest BCUT2D eigenvalue weighted by Gasteiger charge is 2.47. The maximum Gasteiger partial charge on any atom is 0.416 e. The molecule has 0 bridgehead atoms. The van der Waals surface area contributed by atoms with Crippen LogP contribution >= 0.6 is 0 Å². The molecule has 1 heterocycles. The molecule has 0 N–H and O–H groups in total. The predicted octanol–water partition coefficient (Wildman–Crippen LogP) is 3.36. The second kappa shape index (κ2) is 4.46. The largest absolute Gasteiger partial charge is 0.416 e. The second-order valence-electron chi connectivity index (χ2n) is 5.43. The Morgan fingerprint density at radius 3 is 2.75 bits per heavy atom. The first-order valence-corrected chi connectivity index (χ1v) is 6.51. The van der Waals surface area contributed by atoms with Crippen molar-refractivity contribution in [3.05, 3.63) is 35.1 Å². The number of piperidine rings is 1. The molecule has 1 aromatic carbocycles. The molecule has 1 saturated heterocycles. The fourth-order valence-corrected chi connectivity index (χ4v) is 2.82. The number of amides is 1. The topological polar surface area (TPSA) is 20.3 Å². The van der Waals surface area contributed by atoms with Gasteiger partial charge < -0.3 is 4.90 Å². The second-order valence-corrected chi connectivity index (χ2v) is 5.43. The summed E-state index contributed by atoms with van der Waals surface area (Å²) in [6, 6.07) is 2.42. The highest BCUT2D eigenvalue weighted by Crippen LogP contribution is 2.44. The van der Waals surface area contributed by atoms with Crippen LogP contribution in [0.4, 0.5) is 17.6 Å². The van der Waals surface area contributed by atoms with Gasteiger partial charge in [0.05, 0.1) is 5.56 Å². The minimum atomic E-state index is -4.50. The summed E-state index contributed by atoms with van der Waals surface area (Å²) in [5.74, 6) is -0.351. The molecule has 1 aromatic rings. The van der Waals surface area contributed by atoms with E-state index in [4.69, 9.17) is 0 Å². The van der Waals surface area contributed by atoms with Gasteiger partial charge in [0, 0.05) is 24.6 Å². The first-order valence-electron chi connectivity index (χ1n) is 6.51. The van der Waals surface area contributed by atoms with Gasteiger partial charge in [-0.3, -0.25) is 4.79 Å². The van der Waals surface area contributed by atoms with Crippen molar-refractivity contribution in [1.29, 1.82) is 0 Å². The number of hydrogen-bond acceptors (Lipinski definition) is 1. The summed E-state index contributed by atoms with van der Waals surface area (Å²) in [4.78, 5) is 13.3. The van der Waals surface area contributed by atoms with Crippen molar-refractivity contribution in [1.82, 2.24) is 4.90 Å². The Balaban J connectivity index is 1.85. The van der Waals surface area contributed by atoms with E-state index in [9.17, 15) is 22.4 Å². The summed E-state index contributed by atoms with van der Waals surface area (Å²) >= 11 is 0. The van der Waals surface area contributed by atoms with Crippen molar-refractivity contribution in [2.75, 3.05) is 0 Å². The fraction of sp³-hybridized carbons (Fsp3) is 0.500. The highest BCUT2D eigenvalue weighted by atomic mass is 19.4. The molecule has 108 valence electrons. The van der Waals surface area contributed by atoms with Gasteiger partial charge in [0.15, 0.2) is 0 Å². The van der Waals surface area contributed by atoms with Crippen LogP contribution in [0, 0.1) is 11.7 Å². The Morgan fingerprint density at radius 1 is 1.30 bits per heavy atom. The van der Waals surface area contributed by atoms with Gasteiger partial charge in [0.2, 0.25) is 5.91 Å². The number of fused-ring (bicyclic) bond motifs is 1. The standard InChI is InChI=1S/C14H13F4NO/c15-11-3-2-10(14(16,17)18)5-9(11)7-19-12-6-8(12)1-4-13(19)20/h2-3,5,8,12H,1,4,6-7H2. The number of nitrogens with zero attached hydrogens (tertiary/aromatic N) is 1. The normalized spacial score (nSPS) is 25.6. The van der Waals surface area contributed by atoms with Crippen molar-refractivity contribution in [2.24, 2.45) is 5.92 Å². The number of likely N-dealkylation sites (tertiary alicyclic amines) is 1. The fourth-order valence-electron chi connectivity index (χ4n) is 2.82. The molecule has 1 aliphatic carbocycles. The molecule has 2 unspecified atom stereocenters. The molecule has 20 heavy (non-hydrogen) atoms. The number of carbonyl (C=O) groups excluding carboxylic acids is 1. The lowest BCUT2D eigenvalue weighted by atomic mass is 10.1. The third-order valence-electron chi connectivity index (χ3n) is 4.05. The first kappa shape index (κ1) is 13.4. The zero-order valence-corrected chi connectivity index (χ0v) is 10.6. The Bertz CT molecular complexity index is 555. The summed E-state index contributed by atoms with van der Waals surface area (Å²) in [6.07, 6.45) is -2.38. The van der Waals surface area contributed by atoms with E-state index in [1.54, 1.807) is 0 Å². The lowest BCUT2D eigenvalue weighted by Gasteiger charge is -2.27. The molecule has 2 aliphatic rings. The van der Waals surface area contributed by atoms with Crippen LogP contribution in [0.1, 0.15) is 30.4 Å². The van der Waals surface area contributed by atoms with Gasteiger partial charge in [-0.1, -0.05) is 0 Å². The van der Waals surface area contributed by atoms with Crippen LogP contribution < -0.4 is 0 Å². The molecule has 1 aliphatic heterocycles. The van der Waals surface area contributed by atoms with Gasteiger partial charge in [-0.05, 0) is 37.0 Å². The Morgan fingerprint density at radius 2 is 2.05 bits per heavy atom. The average Bonchev–Trinajstić information content (AvgIpc) is 3.13. The quantitative estimate of drug-likeness (QED) is 0.764. The minimum absolute atomic E-state index is 0.0688. The summed E-state index contributed by atoms with van der Waals surface area (Å²) in [5.41, 5.74) is -0.952. The average molecular weight is 287 g/mol. The van der Waals surface area contributed by atoms with Crippen molar-refractivity contribution >= 4 is 5.91 Å². The van der Waals surface area contributed by atoms with Crippen LogP contribution in [-0.4, -0.2) is 16.8 Å². The van der Waals surface area contributed by atoms with E-state index < -0.39 is 17.6 Å². The first-order chi connectivity index (χ1) is 9.36. The van der Waals surface area contributed by atoms with Crippen molar-refractivity contribution in [3.63, 3.8) is 0 Å². The molecular weight excluding hydrogens is 274 g/mol. The van der Waals surface area contributed by atoms with Crippen LogP contribution in [0.5, 0.6) is 0 Å². The summed E-state index contributed by atoms with van der Waals surface area (Å²) in [6.45, 7) is -0.0737. The molecule has 2 atom stereocenters. The maximum absolute atomic E-state index is 13.7. The molecule has 0 spiro atoms. The van der Waals surface area contributed by atoms with Crippen LogP contribution in [0.3, 0.4) is 0 Å². The molecule has 6 heteroatoms. The smallest absolute Gasteiger partial charge is 0.335 e. The zero-order chi connectivity index (χ0) is 14.5. The van der Waals surface area contributed by atoms with E-state index in [1.807, 2.05) is 0 Å². The number of alkyl halides is 3. The van der Waals surface area contributed by atoms with Crippen molar-refractivity contribution in [3.8, 4) is 0 Å². The predicted molar refractivity (Wildman–Crippen MR) is 63.1 cm³/mol. The van der Waals surface area contributed by atoms with Crippen molar-refractivity contribution in [2.45, 2.75) is 38.0 Å². The SMILES string of the molecule is O=C1CCC2CC2N1Cc1cc(C(F)(F)F)ccc1F. The molecule has 1 saturated carbocycles.